The van der Waals surface area contributed by atoms with Crippen LogP contribution in [0.5, 0.6) is 0 Å². The Labute approximate surface area is 68.5 Å². The maximum absolute atomic E-state index is 5.30. The molecule has 0 unspecified atom stereocenters. The van der Waals surface area contributed by atoms with Crippen LogP contribution in [-0.4, -0.2) is 10.1 Å². The number of aryl methyl sites for hydroxylation is 1. The summed E-state index contributed by atoms with van der Waals surface area (Å²) in [6.07, 6.45) is 1.61. The zero-order valence-electron chi connectivity index (χ0n) is 6.53. The van der Waals surface area contributed by atoms with E-state index in [0.717, 1.165) is 16.8 Å². The monoisotopic (exact) mass is 164 g/mol. The summed E-state index contributed by atoms with van der Waals surface area (Å²) >= 11 is 0. The number of nitrogens with zero attached hydrogens (tertiary/aromatic N) is 2. The number of hydrogen-bond acceptors (Lipinski definition) is 5. The first-order chi connectivity index (χ1) is 5.83. The SMILES string of the molecule is Cc1noc2nccc(NN)c12. The van der Waals surface area contributed by atoms with Crippen molar-refractivity contribution in [3.8, 4) is 0 Å². The Morgan fingerprint density at radius 1 is 1.58 bits per heavy atom. The molecule has 62 valence electrons. The molecule has 0 bridgehead atoms. The minimum atomic E-state index is 0.503. The highest BCUT2D eigenvalue weighted by atomic mass is 16.5. The second kappa shape index (κ2) is 2.46. The number of pyridine rings is 1. The third-order valence-corrected chi connectivity index (χ3v) is 1.70. The number of fused-ring (bicyclic) bond motifs is 1. The van der Waals surface area contributed by atoms with Crippen molar-refractivity contribution in [1.82, 2.24) is 10.1 Å². The maximum Gasteiger partial charge on any atom is 0.260 e. The molecule has 5 nitrogen and oxygen atoms in total. The third kappa shape index (κ3) is 0.835. The number of anilines is 1. The van der Waals surface area contributed by atoms with Gasteiger partial charge >= 0.3 is 0 Å². The molecule has 0 aliphatic carbocycles. The van der Waals surface area contributed by atoms with Crippen LogP contribution >= 0.6 is 0 Å². The summed E-state index contributed by atoms with van der Waals surface area (Å²) in [6.45, 7) is 1.84. The summed E-state index contributed by atoms with van der Waals surface area (Å²) < 4.78 is 4.93. The summed E-state index contributed by atoms with van der Waals surface area (Å²) in [5, 5.41) is 4.60. The molecule has 3 N–H and O–H groups in total. The van der Waals surface area contributed by atoms with Crippen molar-refractivity contribution in [3.05, 3.63) is 18.0 Å². The largest absolute Gasteiger partial charge is 0.335 e. The molecular weight excluding hydrogens is 156 g/mol. The molecule has 2 aromatic heterocycles. The van der Waals surface area contributed by atoms with E-state index >= 15 is 0 Å². The van der Waals surface area contributed by atoms with E-state index in [4.69, 9.17) is 10.4 Å². The molecule has 0 atom stereocenters. The molecule has 2 heterocycles. The number of nitrogens with one attached hydrogen (secondary N) is 1. The zero-order valence-corrected chi connectivity index (χ0v) is 6.53. The summed E-state index contributed by atoms with van der Waals surface area (Å²) in [7, 11) is 0. The van der Waals surface area contributed by atoms with Crippen LogP contribution in [0.4, 0.5) is 5.69 Å². The standard InChI is InChI=1S/C7H8N4O/c1-4-6-5(10-8)2-3-9-7(6)12-11-4/h2-3H,8H2,1H3,(H,9,10). The molecule has 0 aliphatic heterocycles. The van der Waals surface area contributed by atoms with E-state index in [1.54, 1.807) is 12.3 Å². The highest BCUT2D eigenvalue weighted by Crippen LogP contribution is 2.23. The van der Waals surface area contributed by atoms with Gasteiger partial charge in [-0.3, -0.25) is 5.84 Å². The molecule has 0 aliphatic rings. The Bertz CT molecular complexity index is 409. The summed E-state index contributed by atoms with van der Waals surface area (Å²) in [4.78, 5) is 3.99. The van der Waals surface area contributed by atoms with Crippen molar-refractivity contribution in [2.24, 2.45) is 5.84 Å². The number of rotatable bonds is 1. The van der Waals surface area contributed by atoms with Gasteiger partial charge in [0.15, 0.2) is 0 Å². The molecule has 0 saturated heterocycles. The lowest BCUT2D eigenvalue weighted by Gasteiger charge is -1.98. The van der Waals surface area contributed by atoms with Gasteiger partial charge in [-0.2, -0.15) is 0 Å². The van der Waals surface area contributed by atoms with Gasteiger partial charge in [0, 0.05) is 6.20 Å². The smallest absolute Gasteiger partial charge is 0.260 e. The Morgan fingerprint density at radius 2 is 2.42 bits per heavy atom. The van der Waals surface area contributed by atoms with E-state index in [1.807, 2.05) is 6.92 Å². The first-order valence-electron chi connectivity index (χ1n) is 3.50. The molecule has 5 heteroatoms. The fraction of sp³-hybridized carbons (Fsp3) is 0.143. The first kappa shape index (κ1) is 7.05. The second-order valence-corrected chi connectivity index (χ2v) is 2.45. The highest BCUT2D eigenvalue weighted by Gasteiger charge is 2.08. The van der Waals surface area contributed by atoms with Crippen molar-refractivity contribution in [3.63, 3.8) is 0 Å². The van der Waals surface area contributed by atoms with Gasteiger partial charge in [0.1, 0.15) is 0 Å². The lowest BCUT2D eigenvalue weighted by Crippen LogP contribution is -2.07. The topological polar surface area (TPSA) is 77.0 Å². The van der Waals surface area contributed by atoms with Gasteiger partial charge in [-0.1, -0.05) is 5.16 Å². The Balaban J connectivity index is 2.84. The minimum absolute atomic E-state index is 0.503. The van der Waals surface area contributed by atoms with E-state index in [2.05, 4.69) is 15.6 Å². The predicted octanol–water partition coefficient (Wildman–Crippen LogP) is 0.817. The molecular formula is C7H8N4O. The summed E-state index contributed by atoms with van der Waals surface area (Å²) in [5.41, 5.74) is 4.62. The quantitative estimate of drug-likeness (QED) is 0.482. The molecule has 2 rings (SSSR count). The van der Waals surface area contributed by atoms with Crippen molar-refractivity contribution in [1.29, 1.82) is 0 Å². The van der Waals surface area contributed by atoms with Crippen molar-refractivity contribution in [2.75, 3.05) is 5.43 Å². The summed E-state index contributed by atoms with van der Waals surface area (Å²) in [5.74, 6) is 5.30. The van der Waals surface area contributed by atoms with Crippen LogP contribution in [-0.2, 0) is 0 Å². The number of nitrogen functional groups attached to an aromatic ring is 1. The Hall–Kier alpha value is -1.62. The van der Waals surface area contributed by atoms with Crippen molar-refractivity contribution >= 4 is 16.8 Å². The lowest BCUT2D eigenvalue weighted by atomic mass is 10.2. The van der Waals surface area contributed by atoms with Crippen LogP contribution in [0.1, 0.15) is 5.69 Å². The molecule has 0 fully saturated rings. The van der Waals surface area contributed by atoms with E-state index in [9.17, 15) is 0 Å². The van der Waals surface area contributed by atoms with Gasteiger partial charge in [0.05, 0.1) is 16.8 Å². The third-order valence-electron chi connectivity index (χ3n) is 1.70. The van der Waals surface area contributed by atoms with Gasteiger partial charge in [-0.05, 0) is 13.0 Å². The zero-order chi connectivity index (χ0) is 8.55. The molecule has 2 aromatic rings. The average molecular weight is 164 g/mol. The number of hydrogen-bond donors (Lipinski definition) is 2. The van der Waals surface area contributed by atoms with E-state index in [0.29, 0.717) is 5.71 Å². The number of hydrazine groups is 1. The predicted molar refractivity (Wildman–Crippen MR) is 44.4 cm³/mol. The minimum Gasteiger partial charge on any atom is -0.335 e. The molecule has 0 spiro atoms. The first-order valence-corrected chi connectivity index (χ1v) is 3.50. The van der Waals surface area contributed by atoms with E-state index < -0.39 is 0 Å². The molecule has 0 saturated carbocycles. The van der Waals surface area contributed by atoms with Crippen LogP contribution in [0.2, 0.25) is 0 Å². The van der Waals surface area contributed by atoms with Gasteiger partial charge in [-0.25, -0.2) is 4.98 Å². The summed E-state index contributed by atoms with van der Waals surface area (Å²) in [6, 6.07) is 1.77. The van der Waals surface area contributed by atoms with Crippen molar-refractivity contribution in [2.45, 2.75) is 6.92 Å². The fourth-order valence-electron chi connectivity index (χ4n) is 1.14. The van der Waals surface area contributed by atoms with Crippen molar-refractivity contribution < 1.29 is 4.52 Å². The van der Waals surface area contributed by atoms with Crippen LogP contribution in [0.15, 0.2) is 16.8 Å². The molecule has 0 amide bonds. The normalized spacial score (nSPS) is 10.5. The number of nitrogens with two attached hydrogens (primary N) is 1. The Kier molecular flexibility index (Phi) is 1.44. The highest BCUT2D eigenvalue weighted by molar-refractivity contribution is 5.89. The van der Waals surface area contributed by atoms with Crippen LogP contribution in [0, 0.1) is 6.92 Å². The molecule has 0 radical (unpaired) electrons. The maximum atomic E-state index is 5.30. The average Bonchev–Trinajstić information content (AvgIpc) is 2.48. The van der Waals surface area contributed by atoms with Gasteiger partial charge in [0.25, 0.3) is 5.71 Å². The Morgan fingerprint density at radius 3 is 3.17 bits per heavy atom. The van der Waals surface area contributed by atoms with Crippen LogP contribution in [0.25, 0.3) is 11.1 Å². The second-order valence-electron chi connectivity index (χ2n) is 2.45. The van der Waals surface area contributed by atoms with Gasteiger partial charge in [-0.15, -0.1) is 0 Å². The van der Waals surface area contributed by atoms with Crippen LogP contribution < -0.4 is 11.3 Å². The van der Waals surface area contributed by atoms with Crippen LogP contribution in [0.3, 0.4) is 0 Å². The molecule has 0 aromatic carbocycles. The van der Waals surface area contributed by atoms with E-state index in [1.165, 1.54) is 0 Å². The molecule has 12 heavy (non-hydrogen) atoms. The number of aromatic nitrogens is 2. The van der Waals surface area contributed by atoms with Gasteiger partial charge < -0.3 is 9.95 Å². The lowest BCUT2D eigenvalue weighted by molar-refractivity contribution is 0.443. The fourth-order valence-corrected chi connectivity index (χ4v) is 1.14. The van der Waals surface area contributed by atoms with E-state index in [-0.39, 0.29) is 0 Å². The van der Waals surface area contributed by atoms with Gasteiger partial charge in [0.2, 0.25) is 0 Å².